The third kappa shape index (κ3) is 4.72. The molecule has 5 heteroatoms. The summed E-state index contributed by atoms with van der Waals surface area (Å²) in [4.78, 5) is 10.6. The van der Waals surface area contributed by atoms with E-state index in [0.29, 0.717) is 18.9 Å². The zero-order chi connectivity index (χ0) is 15.1. The molecule has 0 unspecified atom stereocenters. The van der Waals surface area contributed by atoms with Gasteiger partial charge in [0.1, 0.15) is 5.75 Å². The molecule has 5 nitrogen and oxygen atoms in total. The highest BCUT2D eigenvalue weighted by atomic mass is 16.5. The molecule has 0 aromatic heterocycles. The van der Waals surface area contributed by atoms with Crippen LogP contribution in [0, 0.1) is 0 Å². The summed E-state index contributed by atoms with van der Waals surface area (Å²) in [7, 11) is 0. The predicted molar refractivity (Wildman–Crippen MR) is 83.9 cm³/mol. The standard InChI is InChI=1S/C16H19N3O2/c17-15-4-2-1-3-12(15)11-19-13-5-7-14(8-6-13)21-10-9-16(18)20/h1-8,19H,9-11,17H2,(H2,18,20). The summed E-state index contributed by atoms with van der Waals surface area (Å²) in [6, 6.07) is 15.3. The lowest BCUT2D eigenvalue weighted by atomic mass is 10.2. The summed E-state index contributed by atoms with van der Waals surface area (Å²) in [6.07, 6.45) is 0.216. The average molecular weight is 285 g/mol. The van der Waals surface area contributed by atoms with E-state index in [9.17, 15) is 4.79 Å². The van der Waals surface area contributed by atoms with E-state index in [2.05, 4.69) is 5.32 Å². The molecule has 2 aromatic rings. The Kier molecular flexibility index (Phi) is 5.04. The van der Waals surface area contributed by atoms with Gasteiger partial charge in [-0.25, -0.2) is 0 Å². The van der Waals surface area contributed by atoms with Crippen LogP contribution in [0.1, 0.15) is 12.0 Å². The number of carbonyl (C=O) groups is 1. The third-order valence-electron chi connectivity index (χ3n) is 3.01. The lowest BCUT2D eigenvalue weighted by Crippen LogP contribution is -2.14. The maximum Gasteiger partial charge on any atom is 0.220 e. The van der Waals surface area contributed by atoms with Crippen LogP contribution in [0.15, 0.2) is 48.5 Å². The van der Waals surface area contributed by atoms with Gasteiger partial charge in [-0.2, -0.15) is 0 Å². The van der Waals surface area contributed by atoms with Crippen molar-refractivity contribution in [2.45, 2.75) is 13.0 Å². The summed E-state index contributed by atoms with van der Waals surface area (Å²) in [6.45, 7) is 0.956. The number of anilines is 2. The Morgan fingerprint density at radius 3 is 2.48 bits per heavy atom. The number of para-hydroxylation sites is 1. The van der Waals surface area contributed by atoms with Gasteiger partial charge in [-0.1, -0.05) is 18.2 Å². The molecule has 1 amide bonds. The van der Waals surface area contributed by atoms with Crippen molar-refractivity contribution in [1.82, 2.24) is 0 Å². The molecule has 0 spiro atoms. The van der Waals surface area contributed by atoms with Crippen LogP contribution in [0.2, 0.25) is 0 Å². The minimum Gasteiger partial charge on any atom is -0.493 e. The maximum atomic E-state index is 10.6. The highest BCUT2D eigenvalue weighted by Crippen LogP contribution is 2.18. The van der Waals surface area contributed by atoms with E-state index < -0.39 is 0 Å². The van der Waals surface area contributed by atoms with Gasteiger partial charge in [0.25, 0.3) is 0 Å². The van der Waals surface area contributed by atoms with E-state index in [1.807, 2.05) is 48.5 Å². The molecule has 0 aliphatic heterocycles. The second kappa shape index (κ2) is 7.19. The molecule has 5 N–H and O–H groups in total. The lowest BCUT2D eigenvalue weighted by Gasteiger charge is -2.10. The summed E-state index contributed by atoms with van der Waals surface area (Å²) in [5, 5.41) is 3.29. The first kappa shape index (κ1) is 14.7. The number of nitrogens with two attached hydrogens (primary N) is 2. The van der Waals surface area contributed by atoms with Crippen LogP contribution in [0.4, 0.5) is 11.4 Å². The molecule has 0 fully saturated rings. The molecule has 0 atom stereocenters. The van der Waals surface area contributed by atoms with Gasteiger partial charge < -0.3 is 21.5 Å². The van der Waals surface area contributed by atoms with Gasteiger partial charge in [-0.15, -0.1) is 0 Å². The average Bonchev–Trinajstić information content (AvgIpc) is 2.47. The van der Waals surface area contributed by atoms with E-state index in [1.54, 1.807) is 0 Å². The molecule has 21 heavy (non-hydrogen) atoms. The number of carbonyl (C=O) groups excluding carboxylic acids is 1. The fourth-order valence-electron chi connectivity index (χ4n) is 1.83. The van der Waals surface area contributed by atoms with Crippen LogP contribution in [0.25, 0.3) is 0 Å². The summed E-state index contributed by atoms with van der Waals surface area (Å²) >= 11 is 0. The first-order valence-electron chi connectivity index (χ1n) is 6.73. The van der Waals surface area contributed by atoms with E-state index in [-0.39, 0.29) is 12.3 Å². The third-order valence-corrected chi connectivity index (χ3v) is 3.01. The van der Waals surface area contributed by atoms with Crippen molar-refractivity contribution >= 4 is 17.3 Å². The highest BCUT2D eigenvalue weighted by molar-refractivity contribution is 5.73. The van der Waals surface area contributed by atoms with E-state index in [1.165, 1.54) is 0 Å². The Morgan fingerprint density at radius 1 is 1.10 bits per heavy atom. The molecule has 0 radical (unpaired) electrons. The van der Waals surface area contributed by atoms with Crippen molar-refractivity contribution in [3.63, 3.8) is 0 Å². The molecule has 0 saturated carbocycles. The second-order valence-electron chi connectivity index (χ2n) is 4.64. The number of rotatable bonds is 7. The minimum absolute atomic E-state index is 0.216. The summed E-state index contributed by atoms with van der Waals surface area (Å²) < 4.78 is 5.41. The van der Waals surface area contributed by atoms with Gasteiger partial charge in [-0.3, -0.25) is 4.79 Å². The largest absolute Gasteiger partial charge is 0.493 e. The van der Waals surface area contributed by atoms with Gasteiger partial charge in [0, 0.05) is 17.9 Å². The highest BCUT2D eigenvalue weighted by Gasteiger charge is 2.00. The maximum absolute atomic E-state index is 10.6. The number of primary amides is 1. The number of ether oxygens (including phenoxy) is 1. The number of hydrogen-bond acceptors (Lipinski definition) is 4. The lowest BCUT2D eigenvalue weighted by molar-refractivity contribution is -0.118. The van der Waals surface area contributed by atoms with Crippen LogP contribution >= 0.6 is 0 Å². The summed E-state index contributed by atoms with van der Waals surface area (Å²) in [5.74, 6) is 0.342. The molecule has 0 aliphatic rings. The van der Waals surface area contributed by atoms with Crippen LogP contribution in [-0.4, -0.2) is 12.5 Å². The fraction of sp³-hybridized carbons (Fsp3) is 0.188. The zero-order valence-electron chi connectivity index (χ0n) is 11.7. The van der Waals surface area contributed by atoms with Gasteiger partial charge in [0.05, 0.1) is 13.0 Å². The Hall–Kier alpha value is -2.69. The molecule has 2 rings (SSSR count). The molecule has 2 aromatic carbocycles. The zero-order valence-corrected chi connectivity index (χ0v) is 11.7. The first-order chi connectivity index (χ1) is 10.1. The molecule has 110 valence electrons. The Balaban J connectivity index is 1.85. The van der Waals surface area contributed by atoms with Crippen LogP contribution in [-0.2, 0) is 11.3 Å². The van der Waals surface area contributed by atoms with Gasteiger partial charge >= 0.3 is 0 Å². The topological polar surface area (TPSA) is 90.4 Å². The molecular weight excluding hydrogens is 266 g/mol. The van der Waals surface area contributed by atoms with Gasteiger partial charge in [-0.05, 0) is 35.9 Å². The molecule has 0 saturated heterocycles. The fourth-order valence-corrected chi connectivity index (χ4v) is 1.83. The number of amides is 1. The Morgan fingerprint density at radius 2 is 1.81 bits per heavy atom. The first-order valence-corrected chi connectivity index (χ1v) is 6.73. The molecule has 0 heterocycles. The number of nitrogens with one attached hydrogen (secondary N) is 1. The Bertz CT molecular complexity index is 597. The molecule has 0 bridgehead atoms. The van der Waals surface area contributed by atoms with Crippen LogP contribution < -0.4 is 21.5 Å². The SMILES string of the molecule is NC(=O)CCOc1ccc(NCc2ccccc2N)cc1. The number of benzene rings is 2. The number of nitrogen functional groups attached to an aromatic ring is 1. The van der Waals surface area contributed by atoms with Crippen molar-refractivity contribution in [2.24, 2.45) is 5.73 Å². The van der Waals surface area contributed by atoms with E-state index in [4.69, 9.17) is 16.2 Å². The quantitative estimate of drug-likeness (QED) is 0.680. The van der Waals surface area contributed by atoms with Gasteiger partial charge in [0.15, 0.2) is 0 Å². The smallest absolute Gasteiger partial charge is 0.220 e. The predicted octanol–water partition coefficient (Wildman–Crippen LogP) is 2.14. The van der Waals surface area contributed by atoms with E-state index >= 15 is 0 Å². The monoisotopic (exact) mass is 285 g/mol. The van der Waals surface area contributed by atoms with Crippen LogP contribution in [0.3, 0.4) is 0 Å². The van der Waals surface area contributed by atoms with Crippen molar-refractivity contribution in [2.75, 3.05) is 17.7 Å². The normalized spacial score (nSPS) is 10.1. The van der Waals surface area contributed by atoms with Gasteiger partial charge in [0.2, 0.25) is 5.91 Å². The van der Waals surface area contributed by atoms with Crippen molar-refractivity contribution in [1.29, 1.82) is 0 Å². The van der Waals surface area contributed by atoms with Crippen molar-refractivity contribution in [3.05, 3.63) is 54.1 Å². The second-order valence-corrected chi connectivity index (χ2v) is 4.64. The molecule has 0 aliphatic carbocycles. The minimum atomic E-state index is -0.367. The van der Waals surface area contributed by atoms with Crippen LogP contribution in [0.5, 0.6) is 5.75 Å². The van der Waals surface area contributed by atoms with E-state index in [0.717, 1.165) is 16.9 Å². The van der Waals surface area contributed by atoms with Crippen molar-refractivity contribution < 1.29 is 9.53 Å². The Labute approximate surface area is 123 Å². The summed E-state index contributed by atoms with van der Waals surface area (Å²) in [5.41, 5.74) is 13.7. The molecular formula is C16H19N3O2. The number of hydrogen-bond donors (Lipinski definition) is 3. The van der Waals surface area contributed by atoms with Crippen molar-refractivity contribution in [3.8, 4) is 5.75 Å².